The topological polar surface area (TPSA) is 35.2 Å². The fourth-order valence-corrected chi connectivity index (χ4v) is 2.18. The predicted molar refractivity (Wildman–Crippen MR) is 74.4 cm³/mol. The van der Waals surface area contributed by atoms with Crippen LogP contribution in [-0.2, 0) is 4.74 Å². The molecule has 0 spiro atoms. The summed E-state index contributed by atoms with van der Waals surface area (Å²) in [4.78, 5) is 0. The minimum atomic E-state index is -0.0200. The van der Waals surface area contributed by atoms with Gasteiger partial charge in [0.05, 0.1) is 12.6 Å². The van der Waals surface area contributed by atoms with Crippen LogP contribution in [0.5, 0.6) is 0 Å². The Bertz CT molecular complexity index is 533. The molecule has 1 saturated carbocycles. The van der Waals surface area contributed by atoms with E-state index in [1.54, 1.807) is 0 Å². The quantitative estimate of drug-likeness (QED) is 0.872. The van der Waals surface area contributed by atoms with Crippen molar-refractivity contribution in [2.45, 2.75) is 18.9 Å². The van der Waals surface area contributed by atoms with Gasteiger partial charge in [0.25, 0.3) is 0 Å². The largest absolute Gasteiger partial charge is 0.379 e. The van der Waals surface area contributed by atoms with Crippen molar-refractivity contribution in [3.63, 3.8) is 0 Å². The van der Waals surface area contributed by atoms with Crippen molar-refractivity contribution in [1.29, 1.82) is 0 Å². The molecule has 0 saturated heterocycles. The Morgan fingerprint density at radius 1 is 1.11 bits per heavy atom. The number of nitrogens with two attached hydrogens (primary N) is 1. The highest BCUT2D eigenvalue weighted by atomic mass is 16.5. The highest BCUT2D eigenvalue weighted by molar-refractivity contribution is 5.83. The number of benzene rings is 2. The maximum Gasteiger partial charge on any atom is 0.0659 e. The summed E-state index contributed by atoms with van der Waals surface area (Å²) in [6.45, 7) is 1.50. The van der Waals surface area contributed by atoms with Crippen molar-refractivity contribution in [3.8, 4) is 0 Å². The minimum absolute atomic E-state index is 0.0200. The number of fused-ring (bicyclic) bond motifs is 1. The molecule has 1 aliphatic rings. The number of hydrogen-bond acceptors (Lipinski definition) is 2. The second-order valence-electron chi connectivity index (χ2n) is 5.19. The van der Waals surface area contributed by atoms with Gasteiger partial charge in [0.2, 0.25) is 0 Å². The van der Waals surface area contributed by atoms with Gasteiger partial charge >= 0.3 is 0 Å². The summed E-state index contributed by atoms with van der Waals surface area (Å²) >= 11 is 0. The van der Waals surface area contributed by atoms with Crippen molar-refractivity contribution in [2.75, 3.05) is 13.2 Å². The average Bonchev–Trinajstić information content (AvgIpc) is 3.22. The van der Waals surface area contributed by atoms with Gasteiger partial charge < -0.3 is 10.5 Å². The molecule has 1 unspecified atom stereocenters. The third kappa shape index (κ3) is 2.71. The first kappa shape index (κ1) is 11.7. The van der Waals surface area contributed by atoms with Gasteiger partial charge in [-0.3, -0.25) is 0 Å². The standard InChI is InChI=1S/C16H19NO/c17-16(11-18-10-12-5-6-12)15-8-7-13-3-1-2-4-14(13)9-15/h1-4,7-9,12,16H,5-6,10-11,17H2. The highest BCUT2D eigenvalue weighted by Crippen LogP contribution is 2.29. The van der Waals surface area contributed by atoms with E-state index in [9.17, 15) is 0 Å². The van der Waals surface area contributed by atoms with Crippen LogP contribution in [0.4, 0.5) is 0 Å². The average molecular weight is 241 g/mol. The van der Waals surface area contributed by atoms with E-state index in [0.29, 0.717) is 6.61 Å². The second kappa shape index (κ2) is 5.09. The first-order chi connectivity index (χ1) is 8.83. The van der Waals surface area contributed by atoms with Gasteiger partial charge in [-0.2, -0.15) is 0 Å². The molecule has 18 heavy (non-hydrogen) atoms. The van der Waals surface area contributed by atoms with Crippen LogP contribution < -0.4 is 5.73 Å². The third-order valence-corrected chi connectivity index (χ3v) is 3.55. The van der Waals surface area contributed by atoms with Crippen LogP contribution in [0, 0.1) is 5.92 Å². The van der Waals surface area contributed by atoms with Crippen molar-refractivity contribution in [2.24, 2.45) is 11.7 Å². The SMILES string of the molecule is NC(COCC1CC1)c1ccc2ccccc2c1. The molecule has 0 aliphatic heterocycles. The number of hydrogen-bond donors (Lipinski definition) is 1. The summed E-state index contributed by atoms with van der Waals surface area (Å²) in [7, 11) is 0. The molecule has 94 valence electrons. The van der Waals surface area contributed by atoms with E-state index in [1.807, 2.05) is 0 Å². The van der Waals surface area contributed by atoms with E-state index in [1.165, 1.54) is 23.6 Å². The maximum atomic E-state index is 6.17. The molecule has 1 aliphatic carbocycles. The fourth-order valence-electron chi connectivity index (χ4n) is 2.18. The Hall–Kier alpha value is -1.38. The Morgan fingerprint density at radius 2 is 1.89 bits per heavy atom. The molecule has 2 nitrogen and oxygen atoms in total. The molecule has 2 N–H and O–H groups in total. The van der Waals surface area contributed by atoms with Crippen LogP contribution in [0.15, 0.2) is 42.5 Å². The molecule has 0 radical (unpaired) electrons. The van der Waals surface area contributed by atoms with Gasteiger partial charge in [0, 0.05) is 6.61 Å². The van der Waals surface area contributed by atoms with E-state index in [-0.39, 0.29) is 6.04 Å². The molecule has 2 heteroatoms. The summed E-state index contributed by atoms with van der Waals surface area (Å²) in [6, 6.07) is 14.7. The van der Waals surface area contributed by atoms with Crippen LogP contribution in [0.2, 0.25) is 0 Å². The van der Waals surface area contributed by atoms with Crippen molar-refractivity contribution >= 4 is 10.8 Å². The lowest BCUT2D eigenvalue weighted by Crippen LogP contribution is -2.17. The van der Waals surface area contributed by atoms with Crippen LogP contribution in [0.3, 0.4) is 0 Å². The molecule has 2 aromatic carbocycles. The molecule has 3 rings (SSSR count). The minimum Gasteiger partial charge on any atom is -0.379 e. The van der Waals surface area contributed by atoms with Crippen molar-refractivity contribution in [3.05, 3.63) is 48.0 Å². The summed E-state index contributed by atoms with van der Waals surface area (Å²) in [5.74, 6) is 0.800. The first-order valence-electron chi connectivity index (χ1n) is 6.65. The summed E-state index contributed by atoms with van der Waals surface area (Å²) in [5, 5.41) is 2.50. The van der Waals surface area contributed by atoms with E-state index in [2.05, 4.69) is 42.5 Å². The highest BCUT2D eigenvalue weighted by Gasteiger charge is 2.21. The molecule has 0 aromatic heterocycles. The summed E-state index contributed by atoms with van der Waals surface area (Å²) in [6.07, 6.45) is 2.65. The smallest absolute Gasteiger partial charge is 0.0659 e. The molecule has 2 aromatic rings. The number of rotatable bonds is 5. The van der Waals surface area contributed by atoms with Gasteiger partial charge in [0.1, 0.15) is 0 Å². The summed E-state index contributed by atoms with van der Waals surface area (Å²) in [5.41, 5.74) is 7.32. The van der Waals surface area contributed by atoms with E-state index in [4.69, 9.17) is 10.5 Å². The molecule has 0 bridgehead atoms. The zero-order valence-corrected chi connectivity index (χ0v) is 10.5. The lowest BCUT2D eigenvalue weighted by Gasteiger charge is -2.13. The molecule has 0 amide bonds. The van der Waals surface area contributed by atoms with Gasteiger partial charge in [0.15, 0.2) is 0 Å². The lowest BCUT2D eigenvalue weighted by atomic mass is 10.0. The maximum absolute atomic E-state index is 6.17. The fraction of sp³-hybridized carbons (Fsp3) is 0.375. The molecule has 0 heterocycles. The van der Waals surface area contributed by atoms with Crippen molar-refractivity contribution < 1.29 is 4.74 Å². The van der Waals surface area contributed by atoms with E-state index >= 15 is 0 Å². The van der Waals surface area contributed by atoms with Gasteiger partial charge in [-0.05, 0) is 41.2 Å². The Morgan fingerprint density at radius 3 is 2.67 bits per heavy atom. The Balaban J connectivity index is 1.67. The zero-order valence-electron chi connectivity index (χ0n) is 10.5. The Labute approximate surface area is 108 Å². The number of ether oxygens (including phenoxy) is 1. The molecule has 1 atom stereocenters. The molecule has 1 fully saturated rings. The van der Waals surface area contributed by atoms with Gasteiger partial charge in [-0.15, -0.1) is 0 Å². The van der Waals surface area contributed by atoms with Crippen LogP contribution in [0.1, 0.15) is 24.4 Å². The summed E-state index contributed by atoms with van der Waals surface area (Å²) < 4.78 is 5.66. The first-order valence-corrected chi connectivity index (χ1v) is 6.65. The monoisotopic (exact) mass is 241 g/mol. The normalized spacial score (nSPS) is 16.9. The molecular weight excluding hydrogens is 222 g/mol. The Kier molecular flexibility index (Phi) is 3.31. The van der Waals surface area contributed by atoms with Crippen LogP contribution in [0.25, 0.3) is 10.8 Å². The van der Waals surface area contributed by atoms with E-state index in [0.717, 1.165) is 18.1 Å². The van der Waals surface area contributed by atoms with Gasteiger partial charge in [-0.25, -0.2) is 0 Å². The lowest BCUT2D eigenvalue weighted by molar-refractivity contribution is 0.112. The second-order valence-corrected chi connectivity index (χ2v) is 5.19. The predicted octanol–water partition coefficient (Wildman–Crippen LogP) is 3.27. The zero-order chi connectivity index (χ0) is 12.4. The van der Waals surface area contributed by atoms with E-state index < -0.39 is 0 Å². The van der Waals surface area contributed by atoms with Crippen molar-refractivity contribution in [1.82, 2.24) is 0 Å². The van der Waals surface area contributed by atoms with Gasteiger partial charge in [-0.1, -0.05) is 36.4 Å². The third-order valence-electron chi connectivity index (χ3n) is 3.55. The van der Waals surface area contributed by atoms with Crippen LogP contribution in [-0.4, -0.2) is 13.2 Å². The molecular formula is C16H19NO. The van der Waals surface area contributed by atoms with Crippen LogP contribution >= 0.6 is 0 Å².